The lowest BCUT2D eigenvalue weighted by Gasteiger charge is -2.12. The first-order chi connectivity index (χ1) is 10.8. The second-order valence-corrected chi connectivity index (χ2v) is 5.32. The highest BCUT2D eigenvalue weighted by molar-refractivity contribution is 5.89. The third-order valence-corrected chi connectivity index (χ3v) is 3.62. The van der Waals surface area contributed by atoms with Gasteiger partial charge in [0, 0.05) is 6.54 Å². The average molecular weight is 297 g/mol. The molecule has 0 aliphatic carbocycles. The Bertz CT molecular complexity index is 604. The van der Waals surface area contributed by atoms with Crippen LogP contribution in [0.4, 0.5) is 0 Å². The number of hydrogen-bond acceptors (Lipinski definition) is 4. The predicted octanol–water partition coefficient (Wildman–Crippen LogP) is 2.78. The van der Waals surface area contributed by atoms with Crippen LogP contribution in [0.2, 0.25) is 0 Å². The van der Waals surface area contributed by atoms with Gasteiger partial charge in [0.2, 0.25) is 0 Å². The van der Waals surface area contributed by atoms with E-state index in [9.17, 15) is 4.79 Å². The van der Waals surface area contributed by atoms with E-state index >= 15 is 0 Å². The Morgan fingerprint density at radius 1 is 1.09 bits per heavy atom. The summed E-state index contributed by atoms with van der Waals surface area (Å²) in [7, 11) is 0. The summed E-state index contributed by atoms with van der Waals surface area (Å²) in [5, 5.41) is 3.26. The number of carbonyl (C=O) groups is 1. The zero-order valence-corrected chi connectivity index (χ0v) is 12.3. The van der Waals surface area contributed by atoms with E-state index in [-0.39, 0.29) is 18.7 Å². The number of benzene rings is 2. The Kier molecular flexibility index (Phi) is 4.71. The summed E-state index contributed by atoms with van der Waals surface area (Å²) in [6.45, 7) is 2.15. The molecule has 0 radical (unpaired) electrons. The molecule has 0 aromatic heterocycles. The van der Waals surface area contributed by atoms with Crippen molar-refractivity contribution in [3.05, 3.63) is 65.7 Å². The summed E-state index contributed by atoms with van der Waals surface area (Å²) in [5.41, 5.74) is 1.51. The van der Waals surface area contributed by atoms with Crippen LogP contribution in [0.3, 0.4) is 0 Å². The molecule has 0 saturated carbocycles. The van der Waals surface area contributed by atoms with Crippen LogP contribution in [-0.2, 0) is 11.3 Å². The molecular weight excluding hydrogens is 278 g/mol. The molecule has 0 amide bonds. The molecule has 22 heavy (non-hydrogen) atoms. The van der Waals surface area contributed by atoms with Crippen LogP contribution in [0.1, 0.15) is 22.3 Å². The molecule has 1 fully saturated rings. The molecule has 1 aliphatic rings. The van der Waals surface area contributed by atoms with Gasteiger partial charge >= 0.3 is 5.97 Å². The normalized spacial score (nSPS) is 17.2. The summed E-state index contributed by atoms with van der Waals surface area (Å²) in [6, 6.07) is 16.8. The lowest BCUT2D eigenvalue weighted by atomic mass is 10.2. The van der Waals surface area contributed by atoms with Gasteiger partial charge in [0.15, 0.2) is 0 Å². The summed E-state index contributed by atoms with van der Waals surface area (Å²) >= 11 is 0. The minimum Gasteiger partial charge on any atom is -0.489 e. The Balaban J connectivity index is 1.54. The highest BCUT2D eigenvalue weighted by Crippen LogP contribution is 2.17. The highest BCUT2D eigenvalue weighted by Gasteiger charge is 2.16. The molecule has 1 atom stereocenters. The number of carbonyl (C=O) groups excluding carboxylic acids is 1. The molecule has 1 unspecified atom stereocenters. The largest absolute Gasteiger partial charge is 0.489 e. The van der Waals surface area contributed by atoms with E-state index in [4.69, 9.17) is 9.47 Å². The van der Waals surface area contributed by atoms with Crippen molar-refractivity contribution in [3.8, 4) is 5.75 Å². The first kappa shape index (κ1) is 14.6. The van der Waals surface area contributed by atoms with Crippen LogP contribution in [0.5, 0.6) is 5.75 Å². The first-order valence-corrected chi connectivity index (χ1v) is 7.50. The van der Waals surface area contributed by atoms with Gasteiger partial charge in [-0.15, -0.1) is 0 Å². The van der Waals surface area contributed by atoms with Gasteiger partial charge in [0.1, 0.15) is 18.5 Å². The first-order valence-electron chi connectivity index (χ1n) is 7.50. The van der Waals surface area contributed by atoms with E-state index in [1.54, 1.807) is 12.1 Å². The zero-order chi connectivity index (χ0) is 15.2. The van der Waals surface area contributed by atoms with Crippen LogP contribution < -0.4 is 10.1 Å². The van der Waals surface area contributed by atoms with Gasteiger partial charge in [-0.25, -0.2) is 4.79 Å². The van der Waals surface area contributed by atoms with Gasteiger partial charge in [-0.1, -0.05) is 30.3 Å². The summed E-state index contributed by atoms with van der Waals surface area (Å²) in [5.74, 6) is 0.464. The molecule has 1 heterocycles. The Hall–Kier alpha value is -2.33. The predicted molar refractivity (Wildman–Crippen MR) is 83.9 cm³/mol. The van der Waals surface area contributed by atoms with Gasteiger partial charge in [-0.3, -0.25) is 0 Å². The van der Waals surface area contributed by atoms with Gasteiger partial charge in [0.25, 0.3) is 0 Å². The minimum absolute atomic E-state index is 0.218. The van der Waals surface area contributed by atoms with Crippen molar-refractivity contribution >= 4 is 5.97 Å². The molecule has 0 bridgehead atoms. The summed E-state index contributed by atoms with van der Waals surface area (Å²) in [4.78, 5) is 12.0. The van der Waals surface area contributed by atoms with Crippen molar-refractivity contribution in [1.82, 2.24) is 5.32 Å². The van der Waals surface area contributed by atoms with Crippen molar-refractivity contribution in [2.45, 2.75) is 19.1 Å². The summed E-state index contributed by atoms with van der Waals surface area (Å²) in [6.07, 6.45) is 1.23. The molecule has 4 nitrogen and oxygen atoms in total. The van der Waals surface area contributed by atoms with Crippen LogP contribution in [-0.4, -0.2) is 25.2 Å². The standard InChI is InChI=1S/C18H19NO3/c20-18(21-13-14-4-2-1-3-5-14)15-6-8-16(9-7-15)22-17-10-11-19-12-17/h1-9,17,19H,10-13H2. The lowest BCUT2D eigenvalue weighted by molar-refractivity contribution is 0.0472. The van der Waals surface area contributed by atoms with Crippen LogP contribution in [0, 0.1) is 0 Å². The molecule has 1 N–H and O–H groups in total. The van der Waals surface area contributed by atoms with Gasteiger partial charge in [-0.2, -0.15) is 0 Å². The van der Waals surface area contributed by atoms with Crippen molar-refractivity contribution in [1.29, 1.82) is 0 Å². The molecule has 0 spiro atoms. The maximum atomic E-state index is 12.0. The number of rotatable bonds is 5. The van der Waals surface area contributed by atoms with Crippen molar-refractivity contribution in [3.63, 3.8) is 0 Å². The van der Waals surface area contributed by atoms with E-state index in [0.717, 1.165) is 30.8 Å². The second-order valence-electron chi connectivity index (χ2n) is 5.32. The third-order valence-electron chi connectivity index (χ3n) is 3.62. The summed E-state index contributed by atoms with van der Waals surface area (Å²) < 4.78 is 11.1. The third kappa shape index (κ3) is 3.86. The lowest BCUT2D eigenvalue weighted by Crippen LogP contribution is -2.19. The molecule has 114 valence electrons. The Morgan fingerprint density at radius 3 is 2.55 bits per heavy atom. The van der Waals surface area contributed by atoms with E-state index in [1.165, 1.54) is 0 Å². The smallest absolute Gasteiger partial charge is 0.338 e. The fourth-order valence-electron chi connectivity index (χ4n) is 2.40. The van der Waals surface area contributed by atoms with E-state index in [1.807, 2.05) is 42.5 Å². The Morgan fingerprint density at radius 2 is 1.86 bits per heavy atom. The van der Waals surface area contributed by atoms with Crippen LogP contribution in [0.25, 0.3) is 0 Å². The van der Waals surface area contributed by atoms with E-state index < -0.39 is 0 Å². The number of ether oxygens (including phenoxy) is 2. The molecule has 1 saturated heterocycles. The molecule has 2 aromatic rings. The Labute approximate surface area is 130 Å². The number of hydrogen-bond donors (Lipinski definition) is 1. The molecule has 1 aliphatic heterocycles. The molecule has 3 rings (SSSR count). The SMILES string of the molecule is O=C(OCc1ccccc1)c1ccc(OC2CCNC2)cc1. The van der Waals surface area contributed by atoms with E-state index in [2.05, 4.69) is 5.32 Å². The fourth-order valence-corrected chi connectivity index (χ4v) is 2.40. The maximum absolute atomic E-state index is 12.0. The maximum Gasteiger partial charge on any atom is 0.338 e. The van der Waals surface area contributed by atoms with Gasteiger partial charge in [0.05, 0.1) is 5.56 Å². The van der Waals surface area contributed by atoms with Crippen LogP contribution >= 0.6 is 0 Å². The highest BCUT2D eigenvalue weighted by atomic mass is 16.5. The minimum atomic E-state index is -0.321. The molecule has 4 heteroatoms. The number of esters is 1. The quantitative estimate of drug-likeness (QED) is 0.862. The number of nitrogens with one attached hydrogen (secondary N) is 1. The van der Waals surface area contributed by atoms with Gasteiger partial charge in [-0.05, 0) is 42.8 Å². The fraction of sp³-hybridized carbons (Fsp3) is 0.278. The van der Waals surface area contributed by atoms with Crippen molar-refractivity contribution < 1.29 is 14.3 Å². The molecular formula is C18H19NO3. The molecule has 2 aromatic carbocycles. The monoisotopic (exact) mass is 297 g/mol. The second kappa shape index (κ2) is 7.09. The topological polar surface area (TPSA) is 47.6 Å². The van der Waals surface area contributed by atoms with Crippen molar-refractivity contribution in [2.24, 2.45) is 0 Å². The van der Waals surface area contributed by atoms with E-state index in [0.29, 0.717) is 5.56 Å². The van der Waals surface area contributed by atoms with Gasteiger partial charge < -0.3 is 14.8 Å². The van der Waals surface area contributed by atoms with Crippen molar-refractivity contribution in [2.75, 3.05) is 13.1 Å². The average Bonchev–Trinajstić information content (AvgIpc) is 3.07. The zero-order valence-electron chi connectivity index (χ0n) is 12.3. The van der Waals surface area contributed by atoms with Crippen LogP contribution in [0.15, 0.2) is 54.6 Å².